The maximum Gasteiger partial charge on any atom is 0.408 e. The van der Waals surface area contributed by atoms with E-state index in [1.165, 1.54) is 18.3 Å². The van der Waals surface area contributed by atoms with Gasteiger partial charge in [0.05, 0.1) is 10.9 Å². The number of imidazole rings is 1. The molecule has 0 unspecified atom stereocenters. The molecule has 2 aromatic rings. The number of ether oxygens (including phenoxy) is 1. The van der Waals surface area contributed by atoms with Crippen LogP contribution in [0.15, 0.2) is 46.5 Å². The maximum absolute atomic E-state index is 12.9. The van der Waals surface area contributed by atoms with E-state index in [0.717, 1.165) is 5.56 Å². The Morgan fingerprint density at radius 1 is 1.24 bits per heavy atom. The first-order valence-electron chi connectivity index (χ1n) is 10.7. The van der Waals surface area contributed by atoms with Crippen LogP contribution in [-0.2, 0) is 21.8 Å². The molecule has 1 aromatic carbocycles. The number of sulfonamides is 1. The number of nitrogens with one attached hydrogen (secondary N) is 2. The van der Waals surface area contributed by atoms with Crippen molar-refractivity contribution in [1.29, 1.82) is 0 Å². The molecule has 12 heteroatoms. The Labute approximate surface area is 199 Å². The first kappa shape index (κ1) is 26.8. The average molecular weight is 493 g/mol. The number of hydrogen-bond acceptors (Lipinski definition) is 7. The number of benzene rings is 1. The molecule has 0 saturated heterocycles. The van der Waals surface area contributed by atoms with Crippen molar-refractivity contribution in [2.24, 2.45) is 17.8 Å². The summed E-state index contributed by atoms with van der Waals surface area (Å²) in [4.78, 5) is 33.3. The van der Waals surface area contributed by atoms with Gasteiger partial charge in [-0.05, 0) is 52.7 Å². The lowest BCUT2D eigenvalue weighted by Crippen LogP contribution is -2.44. The number of ketones is 1. The van der Waals surface area contributed by atoms with E-state index in [0.29, 0.717) is 6.42 Å². The Morgan fingerprint density at radius 2 is 1.88 bits per heavy atom. The van der Waals surface area contributed by atoms with Gasteiger partial charge in [0.1, 0.15) is 5.60 Å². The van der Waals surface area contributed by atoms with Crippen LogP contribution in [0.1, 0.15) is 49.8 Å². The number of amides is 1. The van der Waals surface area contributed by atoms with Gasteiger partial charge in [-0.2, -0.15) is 0 Å². The molecule has 0 radical (unpaired) electrons. The lowest BCUT2D eigenvalue weighted by Gasteiger charge is -2.23. The predicted molar refractivity (Wildman–Crippen MR) is 128 cm³/mol. The minimum atomic E-state index is -3.86. The third kappa shape index (κ3) is 8.18. The first-order chi connectivity index (χ1) is 15.8. The lowest BCUT2D eigenvalue weighted by molar-refractivity contribution is 0.0487. The molecule has 0 aliphatic heterocycles. The summed E-state index contributed by atoms with van der Waals surface area (Å²) in [5, 5.41) is 2.59. The number of rotatable bonds is 9. The van der Waals surface area contributed by atoms with Crippen LogP contribution >= 0.6 is 0 Å². The van der Waals surface area contributed by atoms with Crippen LogP contribution in [0.2, 0.25) is 0 Å². The number of Topliss-reactive ketones (excluding diaryl/α,β-unsaturated/α-hetero) is 1. The second-order valence-corrected chi connectivity index (χ2v) is 10.4. The van der Waals surface area contributed by atoms with Crippen molar-refractivity contribution in [1.82, 2.24) is 19.6 Å². The zero-order valence-electron chi connectivity index (χ0n) is 20.0. The molecule has 4 N–H and O–H groups in total. The molecular weight excluding hydrogens is 460 g/mol. The lowest BCUT2D eigenvalue weighted by atomic mass is 10.1. The second kappa shape index (κ2) is 11.1. The van der Waals surface area contributed by atoms with Gasteiger partial charge in [-0.1, -0.05) is 17.7 Å². The first-order valence-corrected chi connectivity index (χ1v) is 12.2. The fourth-order valence-corrected chi connectivity index (χ4v) is 3.87. The number of aromatic nitrogens is 2. The molecule has 0 aliphatic rings. The molecule has 0 fully saturated rings. The van der Waals surface area contributed by atoms with E-state index in [1.807, 2.05) is 6.92 Å². The van der Waals surface area contributed by atoms with E-state index in [-0.39, 0.29) is 35.4 Å². The van der Waals surface area contributed by atoms with Crippen molar-refractivity contribution in [2.75, 3.05) is 6.54 Å². The molecule has 1 atom stereocenters. The van der Waals surface area contributed by atoms with Crippen LogP contribution in [0.25, 0.3) is 0 Å². The highest BCUT2D eigenvalue weighted by atomic mass is 32.2. The molecule has 0 aliphatic carbocycles. The van der Waals surface area contributed by atoms with Crippen molar-refractivity contribution >= 4 is 27.9 Å². The van der Waals surface area contributed by atoms with Crippen LogP contribution in [0.4, 0.5) is 4.79 Å². The summed E-state index contributed by atoms with van der Waals surface area (Å²) < 4.78 is 33.8. The van der Waals surface area contributed by atoms with E-state index in [4.69, 9.17) is 10.5 Å². The van der Waals surface area contributed by atoms with E-state index >= 15 is 0 Å². The number of nitrogens with two attached hydrogens (primary N) is 1. The topological polar surface area (TPSA) is 158 Å². The minimum Gasteiger partial charge on any atom is -0.444 e. The van der Waals surface area contributed by atoms with Crippen molar-refractivity contribution in [3.63, 3.8) is 0 Å². The van der Waals surface area contributed by atoms with Gasteiger partial charge >= 0.3 is 6.09 Å². The Balaban J connectivity index is 2.01. The standard InChI is InChI=1S/C22H32N6O5S/c1-15-8-10-16(11-9-15)34(31,32)27-20(23)25-12-6-7-17(26-21(30)33-22(2,3)4)18(29)19-24-13-14-28(19)5/h8-11,13-14,17H,6-7,12H2,1-5H3,(H,26,30)(H3,23,25,27)/t17-/m0/s1. The molecule has 2 rings (SSSR count). The van der Waals surface area contributed by atoms with Crippen molar-refractivity contribution < 1.29 is 22.7 Å². The number of aryl methyl sites for hydroxylation is 2. The van der Waals surface area contributed by atoms with Gasteiger partial charge in [-0.3, -0.25) is 9.79 Å². The normalized spacial score (nSPS) is 13.3. The van der Waals surface area contributed by atoms with Crippen molar-refractivity contribution in [2.45, 2.75) is 57.1 Å². The molecule has 1 amide bonds. The molecule has 11 nitrogen and oxygen atoms in total. The fraction of sp³-hybridized carbons (Fsp3) is 0.455. The monoisotopic (exact) mass is 492 g/mol. The third-order valence-corrected chi connectivity index (χ3v) is 5.92. The molecule has 1 heterocycles. The molecule has 186 valence electrons. The number of carbonyl (C=O) groups excluding carboxylic acids is 2. The minimum absolute atomic E-state index is 0.0681. The second-order valence-electron chi connectivity index (χ2n) is 8.75. The highest BCUT2D eigenvalue weighted by Gasteiger charge is 2.27. The Kier molecular flexibility index (Phi) is 8.80. The fourth-order valence-electron chi connectivity index (χ4n) is 2.92. The summed E-state index contributed by atoms with van der Waals surface area (Å²) in [6.45, 7) is 7.14. The van der Waals surface area contributed by atoms with Crippen LogP contribution < -0.4 is 15.8 Å². The summed E-state index contributed by atoms with van der Waals surface area (Å²) in [5.74, 6) is -0.460. The van der Waals surface area contributed by atoms with Gasteiger partial charge in [0.15, 0.2) is 5.82 Å². The Morgan fingerprint density at radius 3 is 2.44 bits per heavy atom. The number of nitrogens with zero attached hydrogens (tertiary/aromatic N) is 3. The van der Waals surface area contributed by atoms with E-state index < -0.39 is 27.8 Å². The van der Waals surface area contributed by atoms with Crippen LogP contribution in [0, 0.1) is 6.92 Å². The van der Waals surface area contributed by atoms with E-state index in [2.05, 4.69) is 20.0 Å². The summed E-state index contributed by atoms with van der Waals surface area (Å²) in [6.07, 6.45) is 2.94. The van der Waals surface area contributed by atoms with Gasteiger partial charge in [0, 0.05) is 26.0 Å². The van der Waals surface area contributed by atoms with Crippen molar-refractivity contribution in [3.05, 3.63) is 48.0 Å². The highest BCUT2D eigenvalue weighted by molar-refractivity contribution is 7.90. The molecule has 1 aromatic heterocycles. The van der Waals surface area contributed by atoms with Gasteiger partial charge in [0.2, 0.25) is 11.7 Å². The molecular formula is C22H32N6O5S. The van der Waals surface area contributed by atoms with Gasteiger partial charge in [-0.15, -0.1) is 0 Å². The zero-order chi connectivity index (χ0) is 25.5. The van der Waals surface area contributed by atoms with Crippen LogP contribution in [-0.4, -0.2) is 54.0 Å². The average Bonchev–Trinajstić information content (AvgIpc) is 3.14. The zero-order valence-corrected chi connectivity index (χ0v) is 20.8. The molecule has 0 bridgehead atoms. The third-order valence-electron chi connectivity index (χ3n) is 4.55. The highest BCUT2D eigenvalue weighted by Crippen LogP contribution is 2.11. The number of aliphatic imine (C=N–C) groups is 1. The van der Waals surface area contributed by atoms with Gasteiger partial charge in [-0.25, -0.2) is 22.9 Å². The quantitative estimate of drug-likeness (QED) is 0.209. The SMILES string of the molecule is Cc1ccc(S(=O)(=O)NC(N)=NCCC[C@H](NC(=O)OC(C)(C)C)C(=O)c2nccn2C)cc1. The van der Waals surface area contributed by atoms with Crippen LogP contribution in [0.5, 0.6) is 0 Å². The summed E-state index contributed by atoms with van der Waals surface area (Å²) in [7, 11) is -2.18. The Bertz CT molecular complexity index is 1130. The number of hydrogen-bond donors (Lipinski definition) is 3. The van der Waals surface area contributed by atoms with Crippen LogP contribution in [0.3, 0.4) is 0 Å². The smallest absolute Gasteiger partial charge is 0.408 e. The van der Waals surface area contributed by atoms with E-state index in [1.54, 1.807) is 50.7 Å². The largest absolute Gasteiger partial charge is 0.444 e. The molecule has 0 saturated carbocycles. The van der Waals surface area contributed by atoms with Crippen molar-refractivity contribution in [3.8, 4) is 0 Å². The predicted octanol–water partition coefficient (Wildman–Crippen LogP) is 1.88. The summed E-state index contributed by atoms with van der Waals surface area (Å²) in [6, 6.07) is 5.40. The summed E-state index contributed by atoms with van der Waals surface area (Å²) in [5.41, 5.74) is 5.94. The number of carbonyl (C=O) groups is 2. The summed E-state index contributed by atoms with van der Waals surface area (Å²) >= 11 is 0. The van der Waals surface area contributed by atoms with Gasteiger partial charge in [0.25, 0.3) is 10.0 Å². The maximum atomic E-state index is 12.9. The number of guanidine groups is 1. The molecule has 0 spiro atoms. The van der Waals surface area contributed by atoms with E-state index in [9.17, 15) is 18.0 Å². The van der Waals surface area contributed by atoms with Gasteiger partial charge < -0.3 is 20.4 Å². The molecule has 34 heavy (non-hydrogen) atoms. The Hall–Kier alpha value is -3.41. The number of alkyl carbamates (subject to hydrolysis) is 1.